The van der Waals surface area contributed by atoms with Crippen molar-refractivity contribution in [3.63, 3.8) is 0 Å². The number of amides is 1. The number of benzene rings is 2. The highest BCUT2D eigenvalue weighted by atomic mass is 16.5. The number of aryl methyl sites for hydroxylation is 1. The molecule has 0 atom stereocenters. The van der Waals surface area contributed by atoms with E-state index in [2.05, 4.69) is 21.3 Å². The summed E-state index contributed by atoms with van der Waals surface area (Å²) in [7, 11) is 1.89. The largest absolute Gasteiger partial charge is 0.334 e. The molecule has 4 aromatic rings. The summed E-state index contributed by atoms with van der Waals surface area (Å²) in [5.41, 5.74) is 4.79. The number of fused-ring (bicyclic) bond motifs is 1. The molecule has 1 aliphatic heterocycles. The lowest BCUT2D eigenvalue weighted by molar-refractivity contribution is 0.0733. The molecule has 32 heavy (non-hydrogen) atoms. The van der Waals surface area contributed by atoms with E-state index in [1.807, 2.05) is 42.1 Å². The summed E-state index contributed by atoms with van der Waals surface area (Å²) >= 11 is 0. The van der Waals surface area contributed by atoms with Crippen molar-refractivity contribution in [3.05, 3.63) is 88.4 Å². The minimum Gasteiger partial charge on any atom is -0.334 e. The molecule has 0 aliphatic carbocycles. The predicted octanol–water partition coefficient (Wildman–Crippen LogP) is 3.13. The lowest BCUT2D eigenvalue weighted by atomic mass is 10.0. The SMILES string of the molecule is Cn1nc(-c2nc(Cc3ccccc3)no2)c2c1CCN(C(=O)c1ccc(C#N)cc1)C2. The van der Waals surface area contributed by atoms with Crippen LogP contribution in [0.1, 0.15) is 38.6 Å². The number of rotatable bonds is 4. The molecular weight excluding hydrogens is 404 g/mol. The predicted molar refractivity (Wildman–Crippen MR) is 115 cm³/mol. The smallest absolute Gasteiger partial charge is 0.278 e. The van der Waals surface area contributed by atoms with Crippen molar-refractivity contribution in [1.29, 1.82) is 5.26 Å². The second kappa shape index (κ2) is 8.12. The molecule has 1 aliphatic rings. The first-order valence-electron chi connectivity index (χ1n) is 10.3. The van der Waals surface area contributed by atoms with Crippen LogP contribution in [0.3, 0.4) is 0 Å². The average molecular weight is 424 g/mol. The van der Waals surface area contributed by atoms with Crippen molar-refractivity contribution >= 4 is 5.91 Å². The van der Waals surface area contributed by atoms with Crippen LogP contribution in [0.25, 0.3) is 11.6 Å². The van der Waals surface area contributed by atoms with E-state index in [-0.39, 0.29) is 5.91 Å². The number of hydrogen-bond acceptors (Lipinski definition) is 6. The molecule has 0 unspecified atom stereocenters. The average Bonchev–Trinajstić information content (AvgIpc) is 3.43. The summed E-state index contributed by atoms with van der Waals surface area (Å²) in [6.45, 7) is 1.00. The Morgan fingerprint density at radius 2 is 1.94 bits per heavy atom. The minimum atomic E-state index is -0.0785. The fourth-order valence-electron chi connectivity index (χ4n) is 4.01. The minimum absolute atomic E-state index is 0.0785. The monoisotopic (exact) mass is 424 g/mol. The Morgan fingerprint density at radius 3 is 2.69 bits per heavy atom. The van der Waals surface area contributed by atoms with E-state index in [9.17, 15) is 4.79 Å². The lowest BCUT2D eigenvalue weighted by Gasteiger charge is -2.27. The van der Waals surface area contributed by atoms with Crippen molar-refractivity contribution in [2.75, 3.05) is 6.54 Å². The topological polar surface area (TPSA) is 101 Å². The first-order chi connectivity index (χ1) is 15.6. The van der Waals surface area contributed by atoms with Crippen molar-refractivity contribution < 1.29 is 9.32 Å². The van der Waals surface area contributed by atoms with Crippen molar-refractivity contribution in [2.45, 2.75) is 19.4 Å². The molecule has 2 aromatic carbocycles. The van der Waals surface area contributed by atoms with Crippen LogP contribution in [-0.4, -0.2) is 37.3 Å². The van der Waals surface area contributed by atoms with Crippen LogP contribution in [0.2, 0.25) is 0 Å². The fraction of sp³-hybridized carbons (Fsp3) is 0.208. The van der Waals surface area contributed by atoms with E-state index in [0.29, 0.717) is 54.5 Å². The molecule has 2 aromatic heterocycles. The van der Waals surface area contributed by atoms with E-state index in [1.54, 1.807) is 29.2 Å². The third kappa shape index (κ3) is 3.65. The zero-order valence-electron chi connectivity index (χ0n) is 17.5. The van der Waals surface area contributed by atoms with Gasteiger partial charge in [0.05, 0.1) is 18.2 Å². The van der Waals surface area contributed by atoms with Gasteiger partial charge in [-0.25, -0.2) is 0 Å². The summed E-state index contributed by atoms with van der Waals surface area (Å²) in [6, 6.07) is 18.7. The Balaban J connectivity index is 1.40. The van der Waals surface area contributed by atoms with Crippen LogP contribution >= 0.6 is 0 Å². The van der Waals surface area contributed by atoms with Gasteiger partial charge in [-0.15, -0.1) is 0 Å². The fourth-order valence-corrected chi connectivity index (χ4v) is 4.01. The molecule has 0 saturated heterocycles. The maximum absolute atomic E-state index is 13.0. The molecule has 0 saturated carbocycles. The van der Waals surface area contributed by atoms with Gasteiger partial charge in [0, 0.05) is 43.3 Å². The summed E-state index contributed by atoms with van der Waals surface area (Å²) in [6.07, 6.45) is 1.26. The normalized spacial score (nSPS) is 12.9. The van der Waals surface area contributed by atoms with Gasteiger partial charge in [0.15, 0.2) is 11.5 Å². The third-order valence-corrected chi connectivity index (χ3v) is 5.67. The number of carbonyl (C=O) groups is 1. The van der Waals surface area contributed by atoms with Gasteiger partial charge in [0.2, 0.25) is 0 Å². The number of nitrogens with zero attached hydrogens (tertiary/aromatic N) is 6. The molecule has 0 radical (unpaired) electrons. The number of hydrogen-bond donors (Lipinski definition) is 0. The van der Waals surface area contributed by atoms with Gasteiger partial charge in [0.1, 0.15) is 0 Å². The molecule has 1 amide bonds. The van der Waals surface area contributed by atoms with E-state index in [4.69, 9.17) is 9.78 Å². The van der Waals surface area contributed by atoms with Crippen LogP contribution in [0.15, 0.2) is 59.1 Å². The lowest BCUT2D eigenvalue weighted by Crippen LogP contribution is -2.36. The first kappa shape index (κ1) is 19.7. The number of nitriles is 1. The summed E-state index contributed by atoms with van der Waals surface area (Å²) in [4.78, 5) is 19.4. The Morgan fingerprint density at radius 1 is 1.16 bits per heavy atom. The molecule has 5 rings (SSSR count). The summed E-state index contributed by atoms with van der Waals surface area (Å²) < 4.78 is 7.37. The molecule has 0 N–H and O–H groups in total. The Bertz CT molecular complexity index is 1320. The summed E-state index contributed by atoms with van der Waals surface area (Å²) in [5, 5.41) is 17.7. The van der Waals surface area contributed by atoms with Crippen molar-refractivity contribution in [1.82, 2.24) is 24.8 Å². The zero-order chi connectivity index (χ0) is 22.1. The Kier molecular flexibility index (Phi) is 5.00. The Labute approximate surface area is 184 Å². The molecule has 0 bridgehead atoms. The van der Waals surface area contributed by atoms with Crippen LogP contribution in [0.5, 0.6) is 0 Å². The van der Waals surface area contributed by atoms with E-state index in [1.165, 1.54) is 0 Å². The third-order valence-electron chi connectivity index (χ3n) is 5.67. The van der Waals surface area contributed by atoms with Crippen molar-refractivity contribution in [3.8, 4) is 17.7 Å². The second-order valence-corrected chi connectivity index (χ2v) is 7.74. The van der Waals surface area contributed by atoms with E-state index < -0.39 is 0 Å². The van der Waals surface area contributed by atoms with E-state index >= 15 is 0 Å². The quantitative estimate of drug-likeness (QED) is 0.499. The molecule has 0 spiro atoms. The van der Waals surface area contributed by atoms with Gasteiger partial charge < -0.3 is 9.42 Å². The van der Waals surface area contributed by atoms with Crippen LogP contribution in [0.4, 0.5) is 0 Å². The van der Waals surface area contributed by atoms with Gasteiger partial charge in [-0.3, -0.25) is 9.48 Å². The standard InChI is InChI=1S/C24H20N6O2/c1-29-20-11-12-30(24(31)18-9-7-17(14-25)8-10-18)15-19(20)22(27-29)23-26-21(28-32-23)13-16-5-3-2-4-6-16/h2-10H,11-13,15H2,1H3. The highest BCUT2D eigenvalue weighted by Crippen LogP contribution is 2.29. The molecular formula is C24H20N6O2. The van der Waals surface area contributed by atoms with Crippen LogP contribution in [-0.2, 0) is 26.4 Å². The van der Waals surface area contributed by atoms with Gasteiger partial charge in [-0.05, 0) is 29.8 Å². The van der Waals surface area contributed by atoms with Gasteiger partial charge >= 0.3 is 0 Å². The number of carbonyl (C=O) groups excluding carboxylic acids is 1. The second-order valence-electron chi connectivity index (χ2n) is 7.74. The summed E-state index contributed by atoms with van der Waals surface area (Å²) in [5.74, 6) is 0.873. The van der Waals surface area contributed by atoms with Gasteiger partial charge in [-0.2, -0.15) is 15.3 Å². The Hall–Kier alpha value is -4.25. The zero-order valence-corrected chi connectivity index (χ0v) is 17.5. The highest BCUT2D eigenvalue weighted by molar-refractivity contribution is 5.94. The molecule has 158 valence electrons. The van der Waals surface area contributed by atoms with Crippen LogP contribution < -0.4 is 0 Å². The molecule has 3 heterocycles. The van der Waals surface area contributed by atoms with E-state index in [0.717, 1.165) is 16.8 Å². The van der Waals surface area contributed by atoms with Gasteiger partial charge in [0.25, 0.3) is 11.8 Å². The van der Waals surface area contributed by atoms with Crippen LogP contribution in [0, 0.1) is 11.3 Å². The van der Waals surface area contributed by atoms with Gasteiger partial charge in [-0.1, -0.05) is 35.5 Å². The maximum Gasteiger partial charge on any atom is 0.278 e. The van der Waals surface area contributed by atoms with Crippen molar-refractivity contribution in [2.24, 2.45) is 7.05 Å². The highest BCUT2D eigenvalue weighted by Gasteiger charge is 2.29. The molecule has 0 fully saturated rings. The molecule has 8 nitrogen and oxygen atoms in total. The maximum atomic E-state index is 13.0. The number of aromatic nitrogens is 4. The first-order valence-corrected chi connectivity index (χ1v) is 10.3. The molecule has 8 heteroatoms.